The van der Waals surface area contributed by atoms with Crippen LogP contribution in [-0.2, 0) is 39.7 Å². The van der Waals surface area contributed by atoms with Crippen LogP contribution < -0.4 is 0 Å². The minimum Gasteiger partial charge on any atom is -0.508 e. The predicted octanol–water partition coefficient (Wildman–Crippen LogP) is 0.480. The zero-order valence-electron chi connectivity index (χ0n) is 22.8. The Bertz CT molecular complexity index is 1090. The molecule has 41 heavy (non-hydrogen) atoms. The lowest BCUT2D eigenvalue weighted by molar-refractivity contribution is -0.339. The quantitative estimate of drug-likeness (QED) is 0.192. The molecular formula is C29H38O12. The average Bonchev–Trinajstić information content (AvgIpc) is 2.96. The molecule has 1 aromatic rings. The van der Waals surface area contributed by atoms with Crippen molar-refractivity contribution < 1.29 is 58.8 Å². The van der Waals surface area contributed by atoms with Gasteiger partial charge >= 0.3 is 5.97 Å². The highest BCUT2D eigenvalue weighted by atomic mass is 16.8. The molecule has 0 spiro atoms. The Morgan fingerprint density at radius 1 is 1.05 bits per heavy atom. The number of methoxy groups -OCH3 is 1. The third-order valence-electron chi connectivity index (χ3n) is 7.82. The Labute approximate surface area is 237 Å². The molecule has 226 valence electrons. The monoisotopic (exact) mass is 578 g/mol. The molecule has 0 aromatic heterocycles. The smallest absolute Gasteiger partial charge is 0.337 e. The highest BCUT2D eigenvalue weighted by Gasteiger charge is 2.48. The summed E-state index contributed by atoms with van der Waals surface area (Å²) in [7, 11) is 1.24. The summed E-state index contributed by atoms with van der Waals surface area (Å²) < 4.78 is 28.2. The summed E-state index contributed by atoms with van der Waals surface area (Å²) in [6, 6.07) is 6.85. The summed E-state index contributed by atoms with van der Waals surface area (Å²) in [4.78, 5) is 25.4. The molecule has 3 aliphatic rings. The van der Waals surface area contributed by atoms with Crippen LogP contribution in [0.5, 0.6) is 5.75 Å². The van der Waals surface area contributed by atoms with E-state index < -0.39 is 67.5 Å². The van der Waals surface area contributed by atoms with Crippen LogP contribution in [0.25, 0.3) is 0 Å². The SMILES string of the molecule is C=C[C@@H]1[C@H](O[C@@H]2O[C@@H](CO)[C@@H](O)[C@@H](O)[C@H]2O)OC=C(C(=O)OC)[C@H]1C[C@H]1CC(=O)C[C@H](CCc2ccc(O)cc2)O1. The van der Waals surface area contributed by atoms with Crippen molar-refractivity contribution in [3.63, 3.8) is 0 Å². The zero-order valence-corrected chi connectivity index (χ0v) is 22.8. The fourth-order valence-corrected chi connectivity index (χ4v) is 5.57. The number of carbonyl (C=O) groups excluding carboxylic acids is 2. The van der Waals surface area contributed by atoms with Crippen LogP contribution in [0.4, 0.5) is 0 Å². The first-order valence-electron chi connectivity index (χ1n) is 13.6. The van der Waals surface area contributed by atoms with Crippen molar-refractivity contribution >= 4 is 11.8 Å². The lowest BCUT2D eigenvalue weighted by Crippen LogP contribution is -2.60. The second kappa shape index (κ2) is 13.9. The van der Waals surface area contributed by atoms with E-state index in [9.17, 15) is 35.1 Å². The van der Waals surface area contributed by atoms with Crippen LogP contribution in [0.15, 0.2) is 48.8 Å². The third kappa shape index (κ3) is 7.33. The first-order chi connectivity index (χ1) is 19.6. The number of phenols is 1. The molecule has 3 aliphatic heterocycles. The minimum atomic E-state index is -1.65. The van der Waals surface area contributed by atoms with Gasteiger partial charge in [-0.15, -0.1) is 6.58 Å². The Balaban J connectivity index is 1.48. The molecule has 1 aromatic carbocycles. The lowest BCUT2D eigenvalue weighted by Gasteiger charge is -2.43. The number of hydrogen-bond acceptors (Lipinski definition) is 12. The Morgan fingerprint density at radius 3 is 2.41 bits per heavy atom. The molecule has 2 saturated heterocycles. The van der Waals surface area contributed by atoms with E-state index in [0.29, 0.717) is 12.8 Å². The highest BCUT2D eigenvalue weighted by molar-refractivity contribution is 5.89. The first-order valence-corrected chi connectivity index (χ1v) is 13.6. The van der Waals surface area contributed by atoms with Crippen molar-refractivity contribution in [2.45, 2.75) is 81.3 Å². The summed E-state index contributed by atoms with van der Waals surface area (Å²) in [6.07, 6.45) is -4.88. The van der Waals surface area contributed by atoms with E-state index in [0.717, 1.165) is 5.56 Å². The first kappa shape index (κ1) is 31.1. The molecule has 4 rings (SSSR count). The lowest BCUT2D eigenvalue weighted by atomic mass is 9.78. The maximum absolute atomic E-state index is 12.7. The molecule has 0 amide bonds. The van der Waals surface area contributed by atoms with E-state index in [-0.39, 0.29) is 42.5 Å². The zero-order chi connectivity index (χ0) is 29.7. The normalized spacial score (nSPS) is 35.7. The Hall–Kier alpha value is -2.84. The third-order valence-corrected chi connectivity index (χ3v) is 7.82. The molecule has 12 heteroatoms. The Morgan fingerprint density at radius 2 is 1.76 bits per heavy atom. The molecule has 0 aliphatic carbocycles. The summed E-state index contributed by atoms with van der Waals surface area (Å²) in [5, 5.41) is 49.7. The van der Waals surface area contributed by atoms with Crippen LogP contribution in [-0.4, -0.2) is 100 Å². The van der Waals surface area contributed by atoms with Gasteiger partial charge in [0.15, 0.2) is 6.29 Å². The van der Waals surface area contributed by atoms with Crippen LogP contribution in [0, 0.1) is 11.8 Å². The van der Waals surface area contributed by atoms with Crippen molar-refractivity contribution in [3.05, 3.63) is 54.3 Å². The average molecular weight is 579 g/mol. The standard InChI is InChI=1S/C29H38O12/c1-3-20-21(12-19-11-17(32)10-18(39-19)9-6-15-4-7-16(31)8-5-15)22(27(36)37-2)14-38-28(20)41-29-26(35)25(34)24(33)23(13-30)40-29/h3-5,7-8,14,18-21,23-26,28-31,33-35H,1,6,9-13H2,2H3/t18-,19+,20-,21-,23-,24+,25+,26+,28-,29-/m0/s1. The van der Waals surface area contributed by atoms with Crippen molar-refractivity contribution in [1.82, 2.24) is 0 Å². The number of carbonyl (C=O) groups is 2. The van der Waals surface area contributed by atoms with Gasteiger partial charge in [-0.1, -0.05) is 18.2 Å². The van der Waals surface area contributed by atoms with Crippen LogP contribution in [0.3, 0.4) is 0 Å². The molecule has 0 saturated carbocycles. The largest absolute Gasteiger partial charge is 0.508 e. The number of rotatable bonds is 10. The van der Waals surface area contributed by atoms with Gasteiger partial charge in [0.25, 0.3) is 0 Å². The van der Waals surface area contributed by atoms with Gasteiger partial charge in [0.1, 0.15) is 35.9 Å². The number of hydrogen-bond donors (Lipinski definition) is 5. The van der Waals surface area contributed by atoms with E-state index in [4.69, 9.17) is 23.7 Å². The number of phenolic OH excluding ortho intramolecular Hbond substituents is 1. The molecule has 0 radical (unpaired) electrons. The maximum atomic E-state index is 12.7. The van der Waals surface area contributed by atoms with Crippen molar-refractivity contribution in [2.75, 3.05) is 13.7 Å². The van der Waals surface area contributed by atoms with E-state index >= 15 is 0 Å². The molecule has 3 heterocycles. The second-order valence-electron chi connectivity index (χ2n) is 10.6. The Kier molecular flexibility index (Phi) is 10.5. The number of aliphatic hydroxyl groups is 4. The van der Waals surface area contributed by atoms with Crippen molar-refractivity contribution in [2.24, 2.45) is 11.8 Å². The number of benzene rings is 1. The number of aliphatic hydroxyl groups excluding tert-OH is 4. The maximum Gasteiger partial charge on any atom is 0.337 e. The van der Waals surface area contributed by atoms with Gasteiger partial charge in [-0.05, 0) is 37.0 Å². The second-order valence-corrected chi connectivity index (χ2v) is 10.6. The van der Waals surface area contributed by atoms with Crippen LogP contribution in [0.1, 0.15) is 31.2 Å². The molecule has 10 atom stereocenters. The molecular weight excluding hydrogens is 540 g/mol. The summed E-state index contributed by atoms with van der Waals surface area (Å²) >= 11 is 0. The fourth-order valence-electron chi connectivity index (χ4n) is 5.57. The van der Waals surface area contributed by atoms with E-state index in [1.54, 1.807) is 12.1 Å². The highest BCUT2D eigenvalue weighted by Crippen LogP contribution is 2.39. The van der Waals surface area contributed by atoms with Gasteiger partial charge < -0.3 is 49.2 Å². The van der Waals surface area contributed by atoms with Gasteiger partial charge in [-0.3, -0.25) is 4.79 Å². The molecule has 2 fully saturated rings. The van der Waals surface area contributed by atoms with E-state index in [1.807, 2.05) is 12.1 Å². The number of esters is 1. The number of aryl methyl sites for hydroxylation is 1. The minimum absolute atomic E-state index is 0.0388. The predicted molar refractivity (Wildman–Crippen MR) is 141 cm³/mol. The number of ether oxygens (including phenoxy) is 5. The molecule has 0 bridgehead atoms. The van der Waals surface area contributed by atoms with Gasteiger partial charge in [0.2, 0.25) is 6.29 Å². The van der Waals surface area contributed by atoms with Crippen molar-refractivity contribution in [3.8, 4) is 5.75 Å². The van der Waals surface area contributed by atoms with Crippen molar-refractivity contribution in [1.29, 1.82) is 0 Å². The van der Waals surface area contributed by atoms with Gasteiger partial charge in [-0.25, -0.2) is 4.79 Å². The van der Waals surface area contributed by atoms with Crippen LogP contribution >= 0.6 is 0 Å². The summed E-state index contributed by atoms with van der Waals surface area (Å²) in [6.45, 7) is 3.24. The number of aromatic hydroxyl groups is 1. The fraction of sp³-hybridized carbons (Fsp3) is 0.586. The molecule has 5 N–H and O–H groups in total. The molecule has 0 unspecified atom stereocenters. The van der Waals surface area contributed by atoms with Crippen LogP contribution in [0.2, 0.25) is 0 Å². The number of Topliss-reactive ketones (excluding diaryl/α,β-unsaturated/α-hetero) is 1. The van der Waals surface area contributed by atoms with Gasteiger partial charge in [0.05, 0.1) is 37.8 Å². The number of ketones is 1. The van der Waals surface area contributed by atoms with Gasteiger partial charge in [0, 0.05) is 24.7 Å². The van der Waals surface area contributed by atoms with Gasteiger partial charge in [-0.2, -0.15) is 0 Å². The van der Waals surface area contributed by atoms with E-state index in [1.165, 1.54) is 19.4 Å². The summed E-state index contributed by atoms with van der Waals surface area (Å²) in [5.74, 6) is -1.74. The molecule has 12 nitrogen and oxygen atoms in total. The topological polar surface area (TPSA) is 181 Å². The summed E-state index contributed by atoms with van der Waals surface area (Å²) in [5.41, 5.74) is 1.19. The van der Waals surface area contributed by atoms with E-state index in [2.05, 4.69) is 6.58 Å².